The molecule has 0 radical (unpaired) electrons. The molecule has 0 spiro atoms. The van der Waals surface area contributed by atoms with Crippen LogP contribution in [0.4, 0.5) is 10.5 Å². The molecule has 1 aromatic rings. The van der Waals surface area contributed by atoms with Crippen molar-refractivity contribution in [1.29, 1.82) is 0 Å². The van der Waals surface area contributed by atoms with Gasteiger partial charge in [0.1, 0.15) is 0 Å². The largest absolute Gasteiger partial charge is 0.328 e. The van der Waals surface area contributed by atoms with Gasteiger partial charge in [-0.15, -0.1) is 0 Å². The summed E-state index contributed by atoms with van der Waals surface area (Å²) >= 11 is 11.8. The number of hydrogen-bond acceptors (Lipinski definition) is 2. The minimum absolute atomic E-state index is 0.0986. The van der Waals surface area contributed by atoms with Gasteiger partial charge >= 0.3 is 6.03 Å². The van der Waals surface area contributed by atoms with Crippen molar-refractivity contribution in [3.63, 3.8) is 0 Å². The maximum Gasteiger partial charge on any atom is 0.322 e. The zero-order valence-corrected chi connectivity index (χ0v) is 12.9. The van der Waals surface area contributed by atoms with Crippen LogP contribution in [0.5, 0.6) is 0 Å². The molecule has 6 heteroatoms. The highest BCUT2D eigenvalue weighted by Gasteiger charge is 2.28. The van der Waals surface area contributed by atoms with Crippen molar-refractivity contribution >= 4 is 34.9 Å². The van der Waals surface area contributed by atoms with Crippen molar-refractivity contribution in [3.05, 3.63) is 28.2 Å². The van der Waals surface area contributed by atoms with E-state index in [1.165, 1.54) is 0 Å². The maximum atomic E-state index is 12.3. The normalized spacial score (nSPS) is 22.7. The summed E-state index contributed by atoms with van der Waals surface area (Å²) < 4.78 is 0. The number of carbonyl (C=O) groups is 1. The average Bonchev–Trinajstić information content (AvgIpc) is 2.42. The molecule has 2 rings (SSSR count). The van der Waals surface area contributed by atoms with E-state index < -0.39 is 0 Å². The molecule has 110 valence electrons. The molecule has 2 amide bonds. The molecule has 0 bridgehead atoms. The smallest absolute Gasteiger partial charge is 0.322 e. The van der Waals surface area contributed by atoms with Crippen LogP contribution in [0.15, 0.2) is 18.2 Å². The number of nitrogens with zero attached hydrogens (tertiary/aromatic N) is 1. The Kier molecular flexibility index (Phi) is 5.13. The maximum absolute atomic E-state index is 12.3. The Bertz CT molecular complexity index is 495. The molecule has 20 heavy (non-hydrogen) atoms. The highest BCUT2D eigenvalue weighted by atomic mass is 35.5. The number of rotatable bonds is 2. The second-order valence-corrected chi connectivity index (χ2v) is 6.09. The van der Waals surface area contributed by atoms with Gasteiger partial charge in [0.15, 0.2) is 0 Å². The monoisotopic (exact) mass is 315 g/mol. The zero-order valence-electron chi connectivity index (χ0n) is 11.4. The summed E-state index contributed by atoms with van der Waals surface area (Å²) in [7, 11) is 0. The van der Waals surface area contributed by atoms with Crippen molar-refractivity contribution in [2.24, 2.45) is 11.7 Å². The van der Waals surface area contributed by atoms with Crippen molar-refractivity contribution < 1.29 is 4.79 Å². The lowest BCUT2D eigenvalue weighted by Gasteiger charge is -2.37. The lowest BCUT2D eigenvalue weighted by molar-refractivity contribution is 0.145. The van der Waals surface area contributed by atoms with Crippen LogP contribution >= 0.6 is 23.2 Å². The number of halogens is 2. The van der Waals surface area contributed by atoms with E-state index in [-0.39, 0.29) is 12.1 Å². The number of likely N-dealkylation sites (tertiary alicyclic amines) is 1. The Morgan fingerprint density at radius 1 is 1.45 bits per heavy atom. The summed E-state index contributed by atoms with van der Waals surface area (Å²) in [6, 6.07) is 5.01. The first kappa shape index (κ1) is 15.4. The molecule has 0 saturated carbocycles. The molecule has 3 N–H and O–H groups in total. The topological polar surface area (TPSA) is 58.4 Å². The first-order chi connectivity index (χ1) is 9.51. The number of urea groups is 1. The fraction of sp³-hybridized carbons (Fsp3) is 0.500. The zero-order chi connectivity index (χ0) is 14.7. The molecule has 1 aromatic carbocycles. The van der Waals surface area contributed by atoms with Gasteiger partial charge in [-0.1, -0.05) is 30.1 Å². The van der Waals surface area contributed by atoms with Crippen molar-refractivity contribution in [2.45, 2.75) is 25.8 Å². The lowest BCUT2D eigenvalue weighted by Crippen LogP contribution is -2.50. The minimum atomic E-state index is -0.134. The summed E-state index contributed by atoms with van der Waals surface area (Å²) in [5, 5.41) is 3.74. The first-order valence-corrected chi connectivity index (χ1v) is 7.49. The van der Waals surface area contributed by atoms with Crippen LogP contribution in [0.3, 0.4) is 0 Å². The minimum Gasteiger partial charge on any atom is -0.328 e. The molecule has 1 aliphatic rings. The summed E-state index contributed by atoms with van der Waals surface area (Å²) in [6.45, 7) is 3.41. The van der Waals surface area contributed by atoms with Crippen molar-refractivity contribution in [1.82, 2.24) is 4.90 Å². The van der Waals surface area contributed by atoms with Crippen LogP contribution in [-0.4, -0.2) is 30.1 Å². The SMILES string of the molecule is CC1CCN(C(=O)Nc2ccc(Cl)c(Cl)c2)C(CN)C1. The van der Waals surface area contributed by atoms with E-state index >= 15 is 0 Å². The van der Waals surface area contributed by atoms with Crippen LogP contribution < -0.4 is 11.1 Å². The highest BCUT2D eigenvalue weighted by Crippen LogP contribution is 2.26. The molecule has 1 saturated heterocycles. The Morgan fingerprint density at radius 3 is 2.85 bits per heavy atom. The first-order valence-electron chi connectivity index (χ1n) is 6.74. The molecule has 1 aliphatic heterocycles. The van der Waals surface area contributed by atoms with E-state index in [0.29, 0.717) is 28.2 Å². The van der Waals surface area contributed by atoms with Crippen LogP contribution in [0.1, 0.15) is 19.8 Å². The van der Waals surface area contributed by atoms with Crippen LogP contribution in [0, 0.1) is 5.92 Å². The Labute approximate surface area is 129 Å². The number of nitrogens with one attached hydrogen (secondary N) is 1. The Hall–Kier alpha value is -0.970. The molecule has 1 fully saturated rings. The highest BCUT2D eigenvalue weighted by molar-refractivity contribution is 6.42. The van der Waals surface area contributed by atoms with Gasteiger partial charge in [-0.25, -0.2) is 4.79 Å². The van der Waals surface area contributed by atoms with E-state index in [0.717, 1.165) is 19.4 Å². The summed E-state index contributed by atoms with van der Waals surface area (Å²) in [5.41, 5.74) is 6.41. The van der Waals surface area contributed by atoms with Crippen molar-refractivity contribution in [2.75, 3.05) is 18.4 Å². The van der Waals surface area contributed by atoms with E-state index in [1.54, 1.807) is 18.2 Å². The number of piperidine rings is 1. The number of amides is 2. The van der Waals surface area contributed by atoms with Gasteiger partial charge in [0.05, 0.1) is 10.0 Å². The number of carbonyl (C=O) groups excluding carboxylic acids is 1. The molecular formula is C14H19Cl2N3O. The van der Waals surface area contributed by atoms with E-state index in [2.05, 4.69) is 12.2 Å². The van der Waals surface area contributed by atoms with Gasteiger partial charge in [-0.2, -0.15) is 0 Å². The van der Waals surface area contributed by atoms with Crippen molar-refractivity contribution in [3.8, 4) is 0 Å². The third-order valence-corrected chi connectivity index (χ3v) is 4.42. The Morgan fingerprint density at radius 2 is 2.20 bits per heavy atom. The Balaban J connectivity index is 2.05. The molecule has 4 nitrogen and oxygen atoms in total. The molecule has 0 aliphatic carbocycles. The predicted molar refractivity (Wildman–Crippen MR) is 83.4 cm³/mol. The molecule has 1 heterocycles. The molecule has 2 atom stereocenters. The fourth-order valence-corrected chi connectivity index (χ4v) is 2.81. The average molecular weight is 316 g/mol. The predicted octanol–water partition coefficient (Wildman–Crippen LogP) is 3.58. The lowest BCUT2D eigenvalue weighted by atomic mass is 9.93. The van der Waals surface area contributed by atoms with E-state index in [4.69, 9.17) is 28.9 Å². The van der Waals surface area contributed by atoms with Gasteiger partial charge in [0, 0.05) is 24.8 Å². The van der Waals surface area contributed by atoms with Crippen LogP contribution in [0.25, 0.3) is 0 Å². The van der Waals surface area contributed by atoms with E-state index in [9.17, 15) is 4.79 Å². The second kappa shape index (κ2) is 6.66. The quantitative estimate of drug-likeness (QED) is 0.876. The molecule has 0 aromatic heterocycles. The number of benzene rings is 1. The number of anilines is 1. The fourth-order valence-electron chi connectivity index (χ4n) is 2.51. The van der Waals surface area contributed by atoms with Gasteiger partial charge in [0.25, 0.3) is 0 Å². The van der Waals surface area contributed by atoms with Gasteiger partial charge in [-0.05, 0) is 37.0 Å². The van der Waals surface area contributed by atoms with Gasteiger partial charge < -0.3 is 16.0 Å². The van der Waals surface area contributed by atoms with E-state index in [1.807, 2.05) is 4.90 Å². The second-order valence-electron chi connectivity index (χ2n) is 5.27. The van der Waals surface area contributed by atoms with Crippen LogP contribution in [0.2, 0.25) is 10.0 Å². The third-order valence-electron chi connectivity index (χ3n) is 3.68. The summed E-state index contributed by atoms with van der Waals surface area (Å²) in [5.74, 6) is 0.609. The number of hydrogen-bond donors (Lipinski definition) is 2. The summed E-state index contributed by atoms with van der Waals surface area (Å²) in [4.78, 5) is 14.1. The van der Waals surface area contributed by atoms with Gasteiger partial charge in [-0.3, -0.25) is 0 Å². The van der Waals surface area contributed by atoms with Gasteiger partial charge in [0.2, 0.25) is 0 Å². The molecular weight excluding hydrogens is 297 g/mol. The molecule has 2 unspecified atom stereocenters. The van der Waals surface area contributed by atoms with Crippen LogP contribution in [-0.2, 0) is 0 Å². The summed E-state index contributed by atoms with van der Waals surface area (Å²) in [6.07, 6.45) is 1.95. The number of nitrogens with two attached hydrogens (primary N) is 1. The standard InChI is InChI=1S/C14H19Cl2N3O/c1-9-4-5-19(11(6-9)8-17)14(20)18-10-2-3-12(15)13(16)7-10/h2-3,7,9,11H,4-6,8,17H2,1H3,(H,18,20). The third kappa shape index (κ3) is 3.57.